The lowest BCUT2D eigenvalue weighted by Crippen LogP contribution is -1.88. The minimum atomic E-state index is 0.239. The van der Waals surface area contributed by atoms with Crippen LogP contribution in [0.25, 0.3) is 22.4 Å². The van der Waals surface area contributed by atoms with E-state index in [9.17, 15) is 0 Å². The fourth-order valence-electron chi connectivity index (χ4n) is 2.07. The van der Waals surface area contributed by atoms with Gasteiger partial charge >= 0.3 is 0 Å². The standard InChI is InChI=1S/C15H9BrCl2N2O/c16-9-6-4-8(5-7-9)12-14(20-21-15(12)19)10-2-1-3-11(17)13(10)18/h1-7H,19H2. The van der Waals surface area contributed by atoms with Gasteiger partial charge in [0.2, 0.25) is 5.88 Å². The van der Waals surface area contributed by atoms with Gasteiger partial charge < -0.3 is 10.3 Å². The first-order chi connectivity index (χ1) is 10.1. The predicted molar refractivity (Wildman–Crippen MR) is 89.5 cm³/mol. The Hall–Kier alpha value is -1.49. The van der Waals surface area contributed by atoms with Gasteiger partial charge in [-0.2, -0.15) is 0 Å². The van der Waals surface area contributed by atoms with Crippen LogP contribution in [0.5, 0.6) is 0 Å². The van der Waals surface area contributed by atoms with Gasteiger partial charge in [-0.1, -0.05) is 68.6 Å². The average Bonchev–Trinajstić information content (AvgIpc) is 2.85. The monoisotopic (exact) mass is 382 g/mol. The Labute approximate surface area is 139 Å². The molecular formula is C15H9BrCl2N2O. The van der Waals surface area contributed by atoms with Crippen LogP contribution in [-0.4, -0.2) is 5.16 Å². The number of rotatable bonds is 2. The number of benzene rings is 2. The quantitative estimate of drug-likeness (QED) is 0.621. The zero-order valence-electron chi connectivity index (χ0n) is 10.6. The third-order valence-electron chi connectivity index (χ3n) is 3.06. The van der Waals surface area contributed by atoms with Gasteiger partial charge in [0, 0.05) is 10.0 Å². The van der Waals surface area contributed by atoms with Crippen LogP contribution in [0.4, 0.5) is 5.88 Å². The highest BCUT2D eigenvalue weighted by atomic mass is 79.9. The number of hydrogen-bond acceptors (Lipinski definition) is 3. The molecule has 6 heteroatoms. The van der Waals surface area contributed by atoms with Crippen LogP contribution >= 0.6 is 39.1 Å². The SMILES string of the molecule is Nc1onc(-c2cccc(Cl)c2Cl)c1-c1ccc(Br)cc1. The van der Waals surface area contributed by atoms with Crippen LogP contribution < -0.4 is 5.73 Å². The molecule has 0 spiro atoms. The van der Waals surface area contributed by atoms with Gasteiger partial charge in [0.15, 0.2) is 0 Å². The Morgan fingerprint density at radius 3 is 2.48 bits per heavy atom. The van der Waals surface area contributed by atoms with Crippen molar-refractivity contribution in [2.75, 3.05) is 5.73 Å². The normalized spacial score (nSPS) is 10.8. The third-order valence-corrected chi connectivity index (χ3v) is 4.41. The molecule has 0 fully saturated rings. The summed E-state index contributed by atoms with van der Waals surface area (Å²) in [6.45, 7) is 0. The van der Waals surface area contributed by atoms with Crippen LogP contribution in [0.2, 0.25) is 10.0 Å². The Kier molecular flexibility index (Phi) is 3.93. The Morgan fingerprint density at radius 2 is 1.76 bits per heavy atom. The van der Waals surface area contributed by atoms with Gasteiger partial charge in [-0.25, -0.2) is 0 Å². The summed E-state index contributed by atoms with van der Waals surface area (Å²) in [6.07, 6.45) is 0. The van der Waals surface area contributed by atoms with E-state index in [1.54, 1.807) is 12.1 Å². The first-order valence-electron chi connectivity index (χ1n) is 6.03. The van der Waals surface area contributed by atoms with Crippen LogP contribution in [0, 0.1) is 0 Å². The molecule has 0 amide bonds. The summed E-state index contributed by atoms with van der Waals surface area (Å²) in [7, 11) is 0. The average molecular weight is 384 g/mol. The predicted octanol–water partition coefficient (Wildman–Crippen LogP) is 5.66. The lowest BCUT2D eigenvalue weighted by atomic mass is 10.0. The molecule has 21 heavy (non-hydrogen) atoms. The molecule has 0 aliphatic heterocycles. The molecule has 0 radical (unpaired) electrons. The van der Waals surface area contributed by atoms with E-state index >= 15 is 0 Å². The van der Waals surface area contributed by atoms with Gasteiger partial charge in [0.05, 0.1) is 15.6 Å². The van der Waals surface area contributed by atoms with E-state index in [0.717, 1.165) is 10.0 Å². The van der Waals surface area contributed by atoms with Crippen molar-refractivity contribution in [3.63, 3.8) is 0 Å². The number of halogens is 3. The highest BCUT2D eigenvalue weighted by Crippen LogP contribution is 2.41. The summed E-state index contributed by atoms with van der Waals surface area (Å²) in [5.74, 6) is 0.239. The van der Waals surface area contributed by atoms with Crippen molar-refractivity contribution in [1.82, 2.24) is 5.16 Å². The molecule has 0 unspecified atom stereocenters. The second kappa shape index (κ2) is 5.72. The van der Waals surface area contributed by atoms with Gasteiger partial charge in [-0.15, -0.1) is 0 Å². The van der Waals surface area contributed by atoms with Crippen LogP contribution in [0.1, 0.15) is 0 Å². The van der Waals surface area contributed by atoms with Gasteiger partial charge in [0.1, 0.15) is 5.69 Å². The summed E-state index contributed by atoms with van der Waals surface area (Å²) in [5, 5.41) is 4.91. The molecule has 3 nitrogen and oxygen atoms in total. The smallest absolute Gasteiger partial charge is 0.230 e. The van der Waals surface area contributed by atoms with E-state index in [4.69, 9.17) is 33.5 Å². The molecule has 106 valence electrons. The molecule has 0 saturated heterocycles. The van der Waals surface area contributed by atoms with Crippen LogP contribution in [-0.2, 0) is 0 Å². The Morgan fingerprint density at radius 1 is 1.05 bits per heavy atom. The second-order valence-corrected chi connectivity index (χ2v) is 6.08. The first-order valence-corrected chi connectivity index (χ1v) is 7.58. The van der Waals surface area contributed by atoms with E-state index in [-0.39, 0.29) is 5.88 Å². The van der Waals surface area contributed by atoms with Crippen molar-refractivity contribution in [3.8, 4) is 22.4 Å². The molecule has 3 aromatic rings. The van der Waals surface area contributed by atoms with E-state index in [1.807, 2.05) is 30.3 Å². The lowest BCUT2D eigenvalue weighted by Gasteiger charge is -2.06. The highest BCUT2D eigenvalue weighted by molar-refractivity contribution is 9.10. The number of nitrogen functional groups attached to an aromatic ring is 1. The molecule has 0 bridgehead atoms. The topological polar surface area (TPSA) is 52.0 Å². The van der Waals surface area contributed by atoms with Crippen molar-refractivity contribution in [2.24, 2.45) is 0 Å². The number of hydrogen-bond donors (Lipinski definition) is 1. The fourth-order valence-corrected chi connectivity index (χ4v) is 2.72. The van der Waals surface area contributed by atoms with Crippen molar-refractivity contribution >= 4 is 45.0 Å². The van der Waals surface area contributed by atoms with Crippen LogP contribution in [0.15, 0.2) is 51.5 Å². The second-order valence-electron chi connectivity index (χ2n) is 4.38. The summed E-state index contributed by atoms with van der Waals surface area (Å²) >= 11 is 15.7. The molecule has 2 N–H and O–H groups in total. The first kappa shape index (κ1) is 14.4. The summed E-state index contributed by atoms with van der Waals surface area (Å²) in [6, 6.07) is 13.0. The lowest BCUT2D eigenvalue weighted by molar-refractivity contribution is 0.439. The molecule has 1 heterocycles. The van der Waals surface area contributed by atoms with Crippen molar-refractivity contribution in [2.45, 2.75) is 0 Å². The maximum Gasteiger partial charge on any atom is 0.230 e. The van der Waals surface area contributed by atoms with Crippen LogP contribution in [0.3, 0.4) is 0 Å². The molecule has 3 rings (SSSR count). The molecule has 0 aliphatic carbocycles. The molecule has 0 saturated carbocycles. The maximum atomic E-state index is 6.26. The molecule has 2 aromatic carbocycles. The molecule has 0 aliphatic rings. The number of aromatic nitrogens is 1. The molecular weight excluding hydrogens is 375 g/mol. The summed E-state index contributed by atoms with van der Waals surface area (Å²) in [5.41, 5.74) is 8.77. The fraction of sp³-hybridized carbons (Fsp3) is 0. The van der Waals surface area contributed by atoms with E-state index in [0.29, 0.717) is 26.9 Å². The van der Waals surface area contributed by atoms with E-state index < -0.39 is 0 Å². The van der Waals surface area contributed by atoms with Gasteiger partial charge in [-0.05, 0) is 23.8 Å². The molecule has 1 aromatic heterocycles. The number of nitrogens with zero attached hydrogens (tertiary/aromatic N) is 1. The largest absolute Gasteiger partial charge is 0.367 e. The maximum absolute atomic E-state index is 6.26. The molecule has 0 atom stereocenters. The minimum absolute atomic E-state index is 0.239. The number of anilines is 1. The van der Waals surface area contributed by atoms with Gasteiger partial charge in [0.25, 0.3) is 0 Å². The highest BCUT2D eigenvalue weighted by Gasteiger charge is 2.20. The van der Waals surface area contributed by atoms with Crippen molar-refractivity contribution in [3.05, 3.63) is 57.0 Å². The van der Waals surface area contributed by atoms with E-state index in [2.05, 4.69) is 21.1 Å². The summed E-state index contributed by atoms with van der Waals surface area (Å²) in [4.78, 5) is 0. The number of nitrogens with two attached hydrogens (primary N) is 1. The third kappa shape index (κ3) is 2.67. The van der Waals surface area contributed by atoms with Crippen molar-refractivity contribution in [1.29, 1.82) is 0 Å². The van der Waals surface area contributed by atoms with Crippen molar-refractivity contribution < 1.29 is 4.52 Å². The Bertz CT molecular complexity index is 800. The zero-order chi connectivity index (χ0) is 15.0. The minimum Gasteiger partial charge on any atom is -0.367 e. The Balaban J connectivity index is 2.22. The van der Waals surface area contributed by atoms with E-state index in [1.165, 1.54) is 0 Å². The summed E-state index contributed by atoms with van der Waals surface area (Å²) < 4.78 is 6.12. The zero-order valence-corrected chi connectivity index (χ0v) is 13.7. The van der Waals surface area contributed by atoms with Gasteiger partial charge in [-0.3, -0.25) is 0 Å².